The number of benzene rings is 1. The number of hydrogen-bond donors (Lipinski definition) is 2. The van der Waals surface area contributed by atoms with E-state index in [0.29, 0.717) is 13.0 Å². The predicted octanol–water partition coefficient (Wildman–Crippen LogP) is 1.90. The lowest BCUT2D eigenvalue weighted by molar-refractivity contribution is 0.247. The molecule has 0 heterocycles. The molecule has 1 aromatic carbocycles. The second kappa shape index (κ2) is 4.77. The van der Waals surface area contributed by atoms with Crippen molar-refractivity contribution in [3.8, 4) is 0 Å². The van der Waals surface area contributed by atoms with Gasteiger partial charge < -0.3 is 10.8 Å². The lowest BCUT2D eigenvalue weighted by Crippen LogP contribution is -2.33. The summed E-state index contributed by atoms with van der Waals surface area (Å²) in [5.41, 5.74) is 9.45. The van der Waals surface area contributed by atoms with Gasteiger partial charge in [-0.05, 0) is 25.8 Å². The number of nitrogens with two attached hydrogens (primary N) is 1. The van der Waals surface area contributed by atoms with E-state index in [0.717, 1.165) is 0 Å². The third-order valence-corrected chi connectivity index (χ3v) is 3.03. The summed E-state index contributed by atoms with van der Waals surface area (Å²) in [4.78, 5) is 0. The molecule has 0 aliphatic heterocycles. The van der Waals surface area contributed by atoms with Gasteiger partial charge in [0.15, 0.2) is 0 Å². The molecule has 0 saturated carbocycles. The molecule has 0 spiro atoms. The topological polar surface area (TPSA) is 46.2 Å². The average Bonchev–Trinajstić information content (AvgIpc) is 2.16. The van der Waals surface area contributed by atoms with Gasteiger partial charge in [-0.3, -0.25) is 0 Å². The van der Waals surface area contributed by atoms with Gasteiger partial charge in [0.1, 0.15) is 0 Å². The van der Waals surface area contributed by atoms with Gasteiger partial charge in [0.2, 0.25) is 0 Å². The van der Waals surface area contributed by atoms with Crippen LogP contribution in [0.3, 0.4) is 0 Å². The number of rotatable bonds is 4. The lowest BCUT2D eigenvalue weighted by atomic mass is 9.79. The molecule has 0 aliphatic carbocycles. The van der Waals surface area contributed by atoms with E-state index in [1.165, 1.54) is 16.7 Å². The first-order chi connectivity index (χ1) is 7.01. The number of aliphatic hydroxyl groups is 1. The van der Waals surface area contributed by atoms with Crippen molar-refractivity contribution < 1.29 is 5.11 Å². The van der Waals surface area contributed by atoms with Crippen molar-refractivity contribution in [1.29, 1.82) is 0 Å². The summed E-state index contributed by atoms with van der Waals surface area (Å²) in [5.74, 6) is 0. The molecule has 0 fully saturated rings. The molecule has 1 atom stereocenters. The molecular formula is C13H21NO. The van der Waals surface area contributed by atoms with Crippen molar-refractivity contribution in [2.45, 2.75) is 32.6 Å². The van der Waals surface area contributed by atoms with E-state index in [1.807, 2.05) is 0 Å². The zero-order valence-electron chi connectivity index (χ0n) is 9.88. The fourth-order valence-corrected chi connectivity index (χ4v) is 1.93. The molecule has 15 heavy (non-hydrogen) atoms. The summed E-state index contributed by atoms with van der Waals surface area (Å²) in [7, 11) is 0. The minimum atomic E-state index is -0.106. The summed E-state index contributed by atoms with van der Waals surface area (Å²) >= 11 is 0. The van der Waals surface area contributed by atoms with E-state index < -0.39 is 0 Å². The number of aliphatic hydroxyl groups excluding tert-OH is 1. The average molecular weight is 207 g/mol. The van der Waals surface area contributed by atoms with Crippen molar-refractivity contribution in [3.63, 3.8) is 0 Å². The van der Waals surface area contributed by atoms with E-state index in [-0.39, 0.29) is 12.0 Å². The quantitative estimate of drug-likeness (QED) is 0.792. The van der Waals surface area contributed by atoms with Crippen LogP contribution in [0, 0.1) is 13.8 Å². The Hall–Kier alpha value is -0.860. The highest BCUT2D eigenvalue weighted by molar-refractivity contribution is 5.34. The highest BCUT2D eigenvalue weighted by Gasteiger charge is 2.24. The van der Waals surface area contributed by atoms with Gasteiger partial charge in [0, 0.05) is 18.6 Å². The maximum absolute atomic E-state index is 9.08. The fraction of sp³-hybridized carbons (Fsp3) is 0.538. The van der Waals surface area contributed by atoms with Crippen LogP contribution < -0.4 is 5.73 Å². The Morgan fingerprint density at radius 3 is 2.13 bits per heavy atom. The molecule has 1 aromatic rings. The SMILES string of the molecule is Cc1cc(C)cc(C(C)(CN)CCO)c1. The Kier molecular flexibility index (Phi) is 3.89. The van der Waals surface area contributed by atoms with Crippen molar-refractivity contribution in [2.75, 3.05) is 13.2 Å². The van der Waals surface area contributed by atoms with Gasteiger partial charge in [-0.1, -0.05) is 36.2 Å². The van der Waals surface area contributed by atoms with E-state index in [4.69, 9.17) is 10.8 Å². The van der Waals surface area contributed by atoms with Crippen LogP contribution in [0.1, 0.15) is 30.0 Å². The van der Waals surface area contributed by atoms with Gasteiger partial charge in [-0.15, -0.1) is 0 Å². The molecule has 1 rings (SSSR count). The Morgan fingerprint density at radius 1 is 1.20 bits per heavy atom. The molecule has 2 nitrogen and oxygen atoms in total. The van der Waals surface area contributed by atoms with Gasteiger partial charge in [-0.2, -0.15) is 0 Å². The van der Waals surface area contributed by atoms with Gasteiger partial charge in [0.05, 0.1) is 0 Å². The highest BCUT2D eigenvalue weighted by Crippen LogP contribution is 2.27. The van der Waals surface area contributed by atoms with Gasteiger partial charge >= 0.3 is 0 Å². The second-order valence-electron chi connectivity index (χ2n) is 4.61. The van der Waals surface area contributed by atoms with Crippen LogP contribution in [0.5, 0.6) is 0 Å². The normalized spacial score (nSPS) is 15.0. The Morgan fingerprint density at radius 2 is 1.73 bits per heavy atom. The number of aryl methyl sites for hydroxylation is 2. The summed E-state index contributed by atoms with van der Waals surface area (Å²) in [6.07, 6.45) is 0.715. The van der Waals surface area contributed by atoms with Crippen molar-refractivity contribution in [1.82, 2.24) is 0 Å². The first-order valence-corrected chi connectivity index (χ1v) is 5.41. The smallest absolute Gasteiger partial charge is 0.0439 e. The first kappa shape index (κ1) is 12.2. The second-order valence-corrected chi connectivity index (χ2v) is 4.61. The van der Waals surface area contributed by atoms with Crippen LogP contribution in [-0.4, -0.2) is 18.3 Å². The standard InChI is InChI=1S/C13H21NO/c1-10-6-11(2)8-12(7-10)13(3,9-14)4-5-15/h6-8,15H,4-5,9,14H2,1-3H3. The predicted molar refractivity (Wildman–Crippen MR) is 64.0 cm³/mol. The van der Waals surface area contributed by atoms with E-state index in [2.05, 4.69) is 39.0 Å². The van der Waals surface area contributed by atoms with E-state index >= 15 is 0 Å². The summed E-state index contributed by atoms with van der Waals surface area (Å²) < 4.78 is 0. The molecule has 3 N–H and O–H groups in total. The molecule has 0 aliphatic rings. The van der Waals surface area contributed by atoms with Crippen LogP contribution in [0.2, 0.25) is 0 Å². The monoisotopic (exact) mass is 207 g/mol. The van der Waals surface area contributed by atoms with Crippen molar-refractivity contribution in [2.24, 2.45) is 5.73 Å². The van der Waals surface area contributed by atoms with E-state index in [9.17, 15) is 0 Å². The highest BCUT2D eigenvalue weighted by atomic mass is 16.3. The summed E-state index contributed by atoms with van der Waals surface area (Å²) in [6, 6.07) is 6.48. The molecule has 0 amide bonds. The Labute approximate surface area is 92.1 Å². The summed E-state index contributed by atoms with van der Waals surface area (Å²) in [5, 5.41) is 9.08. The first-order valence-electron chi connectivity index (χ1n) is 5.41. The largest absolute Gasteiger partial charge is 0.396 e. The molecule has 84 valence electrons. The molecule has 0 bridgehead atoms. The lowest BCUT2D eigenvalue weighted by Gasteiger charge is -2.28. The zero-order valence-corrected chi connectivity index (χ0v) is 9.88. The minimum Gasteiger partial charge on any atom is -0.396 e. The summed E-state index contributed by atoms with van der Waals surface area (Å²) in [6.45, 7) is 7.04. The van der Waals surface area contributed by atoms with Crippen LogP contribution in [-0.2, 0) is 5.41 Å². The zero-order chi connectivity index (χ0) is 11.5. The molecule has 1 unspecified atom stereocenters. The molecule has 2 heteroatoms. The molecule has 0 aromatic heterocycles. The van der Waals surface area contributed by atoms with Gasteiger partial charge in [-0.25, -0.2) is 0 Å². The fourth-order valence-electron chi connectivity index (χ4n) is 1.93. The van der Waals surface area contributed by atoms with Crippen LogP contribution >= 0.6 is 0 Å². The molecule has 0 saturated heterocycles. The van der Waals surface area contributed by atoms with E-state index in [1.54, 1.807) is 0 Å². The van der Waals surface area contributed by atoms with Crippen molar-refractivity contribution in [3.05, 3.63) is 34.9 Å². The molecular weight excluding hydrogens is 186 g/mol. The maximum atomic E-state index is 9.08. The number of hydrogen-bond acceptors (Lipinski definition) is 2. The van der Waals surface area contributed by atoms with Crippen LogP contribution in [0.4, 0.5) is 0 Å². The maximum Gasteiger partial charge on any atom is 0.0439 e. The molecule has 0 radical (unpaired) electrons. The van der Waals surface area contributed by atoms with Crippen LogP contribution in [0.15, 0.2) is 18.2 Å². The van der Waals surface area contributed by atoms with Crippen LogP contribution in [0.25, 0.3) is 0 Å². The van der Waals surface area contributed by atoms with Gasteiger partial charge in [0.25, 0.3) is 0 Å². The Balaban J connectivity index is 3.11. The third-order valence-electron chi connectivity index (χ3n) is 3.03. The van der Waals surface area contributed by atoms with Crippen molar-refractivity contribution >= 4 is 0 Å². The Bertz CT molecular complexity index is 315. The minimum absolute atomic E-state index is 0.106. The third kappa shape index (κ3) is 2.80.